The lowest BCUT2D eigenvalue weighted by Crippen LogP contribution is -2.47. The summed E-state index contributed by atoms with van der Waals surface area (Å²) in [5.41, 5.74) is 0. The number of rotatable bonds is 6. The number of piperidine rings is 1. The van der Waals surface area contributed by atoms with Crippen molar-refractivity contribution in [2.24, 2.45) is 0 Å². The van der Waals surface area contributed by atoms with Crippen LogP contribution in [0.5, 0.6) is 0 Å². The molecule has 6 heteroatoms. The first-order valence-electron chi connectivity index (χ1n) is 6.61. The summed E-state index contributed by atoms with van der Waals surface area (Å²) >= 11 is 0. The third kappa shape index (κ3) is 4.19. The molecule has 0 radical (unpaired) electrons. The summed E-state index contributed by atoms with van der Waals surface area (Å²) < 4.78 is 31.0. The van der Waals surface area contributed by atoms with E-state index < -0.39 is 10.0 Å². The Labute approximate surface area is 111 Å². The maximum atomic E-state index is 12.2. The number of sulfonamides is 1. The smallest absolute Gasteiger partial charge is 0.216 e. The van der Waals surface area contributed by atoms with Gasteiger partial charge in [-0.2, -0.15) is 0 Å². The van der Waals surface area contributed by atoms with E-state index >= 15 is 0 Å². The summed E-state index contributed by atoms with van der Waals surface area (Å²) in [6.45, 7) is 6.94. The molecule has 1 atom stereocenters. The van der Waals surface area contributed by atoms with E-state index in [1.807, 2.05) is 0 Å². The van der Waals surface area contributed by atoms with Gasteiger partial charge >= 0.3 is 0 Å². The second-order valence-electron chi connectivity index (χ2n) is 5.01. The Morgan fingerprint density at radius 3 is 2.39 bits per heavy atom. The molecule has 0 bridgehead atoms. The molecular weight excluding hydrogens is 252 g/mol. The van der Waals surface area contributed by atoms with Crippen LogP contribution in [0.3, 0.4) is 0 Å². The Kier molecular flexibility index (Phi) is 6.04. The van der Waals surface area contributed by atoms with Gasteiger partial charge in [0.15, 0.2) is 0 Å². The maximum Gasteiger partial charge on any atom is 0.216 e. The molecule has 0 aromatic carbocycles. The van der Waals surface area contributed by atoms with Crippen LogP contribution < -0.4 is 0 Å². The van der Waals surface area contributed by atoms with Gasteiger partial charge in [0.25, 0.3) is 0 Å². The van der Waals surface area contributed by atoms with E-state index in [9.17, 15) is 8.42 Å². The van der Waals surface area contributed by atoms with Crippen molar-refractivity contribution < 1.29 is 13.2 Å². The van der Waals surface area contributed by atoms with Crippen molar-refractivity contribution in [3.05, 3.63) is 0 Å². The SMILES string of the molecule is CCN1CCC(N(C)S(=O)(=O)CC(C)OC)CC1. The van der Waals surface area contributed by atoms with Gasteiger partial charge in [-0.25, -0.2) is 12.7 Å². The van der Waals surface area contributed by atoms with Gasteiger partial charge in [0.2, 0.25) is 10.0 Å². The Bertz CT molecular complexity index is 337. The van der Waals surface area contributed by atoms with Crippen molar-refractivity contribution in [2.75, 3.05) is 39.5 Å². The minimum Gasteiger partial charge on any atom is -0.381 e. The van der Waals surface area contributed by atoms with E-state index in [1.165, 1.54) is 0 Å². The lowest BCUT2D eigenvalue weighted by molar-refractivity contribution is 0.133. The Hall–Kier alpha value is -0.170. The molecule has 1 fully saturated rings. The zero-order valence-corrected chi connectivity index (χ0v) is 12.7. The van der Waals surface area contributed by atoms with Crippen LogP contribution in [0.4, 0.5) is 0 Å². The van der Waals surface area contributed by atoms with E-state index in [0.717, 1.165) is 32.5 Å². The number of hydrogen-bond acceptors (Lipinski definition) is 4. The van der Waals surface area contributed by atoms with Gasteiger partial charge < -0.3 is 9.64 Å². The first-order chi connectivity index (χ1) is 8.40. The van der Waals surface area contributed by atoms with Crippen LogP contribution in [0.2, 0.25) is 0 Å². The summed E-state index contributed by atoms with van der Waals surface area (Å²) in [7, 11) is 0.0343. The van der Waals surface area contributed by atoms with Crippen molar-refractivity contribution >= 4 is 10.0 Å². The van der Waals surface area contributed by atoms with Crippen molar-refractivity contribution in [1.29, 1.82) is 0 Å². The van der Waals surface area contributed by atoms with E-state index in [2.05, 4.69) is 11.8 Å². The molecule has 0 saturated carbocycles. The van der Waals surface area contributed by atoms with Gasteiger partial charge in [-0.3, -0.25) is 0 Å². The molecule has 1 saturated heterocycles. The van der Waals surface area contributed by atoms with Crippen molar-refractivity contribution in [2.45, 2.75) is 38.8 Å². The molecule has 0 aromatic heterocycles. The monoisotopic (exact) mass is 278 g/mol. The predicted molar refractivity (Wildman–Crippen MR) is 73.2 cm³/mol. The van der Waals surface area contributed by atoms with Crippen LogP contribution in [0.15, 0.2) is 0 Å². The van der Waals surface area contributed by atoms with E-state index in [4.69, 9.17) is 4.74 Å². The zero-order chi connectivity index (χ0) is 13.8. The highest BCUT2D eigenvalue weighted by atomic mass is 32.2. The molecule has 0 spiro atoms. The van der Waals surface area contributed by atoms with Gasteiger partial charge in [-0.05, 0) is 39.4 Å². The van der Waals surface area contributed by atoms with Crippen LogP contribution in [0.25, 0.3) is 0 Å². The predicted octanol–water partition coefficient (Wildman–Crippen LogP) is 0.767. The normalized spacial score (nSPS) is 21.4. The summed E-state index contributed by atoms with van der Waals surface area (Å²) in [6, 6.07) is 0.141. The molecule has 1 aliphatic heterocycles. The summed E-state index contributed by atoms with van der Waals surface area (Å²) in [5, 5.41) is 0. The Morgan fingerprint density at radius 1 is 1.39 bits per heavy atom. The standard InChI is InChI=1S/C12H26N2O3S/c1-5-14-8-6-12(7-9-14)13(3)18(15,16)10-11(2)17-4/h11-12H,5-10H2,1-4H3. The van der Waals surface area contributed by atoms with Crippen LogP contribution in [0.1, 0.15) is 26.7 Å². The maximum absolute atomic E-state index is 12.2. The first-order valence-corrected chi connectivity index (χ1v) is 8.22. The third-order valence-corrected chi connectivity index (χ3v) is 5.87. The third-order valence-electron chi connectivity index (χ3n) is 3.81. The Morgan fingerprint density at radius 2 is 1.94 bits per heavy atom. The second kappa shape index (κ2) is 6.84. The highest BCUT2D eigenvalue weighted by Gasteiger charge is 2.30. The summed E-state index contributed by atoms with van der Waals surface area (Å²) in [5.74, 6) is 0.0635. The molecule has 18 heavy (non-hydrogen) atoms. The quantitative estimate of drug-likeness (QED) is 0.720. The van der Waals surface area contributed by atoms with Crippen LogP contribution >= 0.6 is 0 Å². The van der Waals surface area contributed by atoms with Gasteiger partial charge in [0.05, 0.1) is 11.9 Å². The van der Waals surface area contributed by atoms with E-state index in [0.29, 0.717) is 0 Å². The molecule has 1 heterocycles. The zero-order valence-electron chi connectivity index (χ0n) is 11.9. The van der Waals surface area contributed by atoms with Crippen molar-refractivity contribution in [3.63, 3.8) is 0 Å². The van der Waals surface area contributed by atoms with E-state index in [-0.39, 0.29) is 17.9 Å². The highest BCUT2D eigenvalue weighted by molar-refractivity contribution is 7.89. The fraction of sp³-hybridized carbons (Fsp3) is 1.00. The van der Waals surface area contributed by atoms with Crippen LogP contribution in [-0.2, 0) is 14.8 Å². The van der Waals surface area contributed by atoms with Crippen LogP contribution in [0, 0.1) is 0 Å². The number of likely N-dealkylation sites (tertiary alicyclic amines) is 1. The van der Waals surface area contributed by atoms with E-state index in [1.54, 1.807) is 25.4 Å². The number of nitrogens with zero attached hydrogens (tertiary/aromatic N) is 2. The summed E-state index contributed by atoms with van der Waals surface area (Å²) in [6.07, 6.45) is 1.59. The molecule has 0 aromatic rings. The minimum atomic E-state index is -3.21. The lowest BCUT2D eigenvalue weighted by atomic mass is 10.1. The Balaban J connectivity index is 2.56. The molecule has 0 aliphatic carbocycles. The van der Waals surface area contributed by atoms with Gasteiger partial charge in [-0.1, -0.05) is 6.92 Å². The average molecular weight is 278 g/mol. The first kappa shape index (κ1) is 15.9. The average Bonchev–Trinajstić information content (AvgIpc) is 2.37. The lowest BCUT2D eigenvalue weighted by Gasteiger charge is -2.35. The summed E-state index contributed by atoms with van der Waals surface area (Å²) in [4.78, 5) is 2.36. The molecule has 1 rings (SSSR count). The largest absolute Gasteiger partial charge is 0.381 e. The number of methoxy groups -OCH3 is 1. The fourth-order valence-corrected chi connectivity index (χ4v) is 3.94. The molecule has 1 unspecified atom stereocenters. The molecule has 1 aliphatic rings. The molecule has 0 amide bonds. The van der Waals surface area contributed by atoms with Gasteiger partial charge in [-0.15, -0.1) is 0 Å². The van der Waals surface area contributed by atoms with Crippen molar-refractivity contribution in [3.8, 4) is 0 Å². The molecule has 0 N–H and O–H groups in total. The van der Waals surface area contributed by atoms with Crippen LogP contribution in [-0.4, -0.2) is 69.3 Å². The highest BCUT2D eigenvalue weighted by Crippen LogP contribution is 2.18. The molecule has 5 nitrogen and oxygen atoms in total. The van der Waals surface area contributed by atoms with Crippen molar-refractivity contribution in [1.82, 2.24) is 9.21 Å². The number of ether oxygens (including phenoxy) is 1. The fourth-order valence-electron chi connectivity index (χ4n) is 2.31. The minimum absolute atomic E-state index is 0.0635. The van der Waals surface area contributed by atoms with Gasteiger partial charge in [0, 0.05) is 20.2 Å². The second-order valence-corrected chi connectivity index (χ2v) is 7.08. The molecule has 108 valence electrons. The topological polar surface area (TPSA) is 49.9 Å². The van der Waals surface area contributed by atoms with Gasteiger partial charge in [0.1, 0.15) is 0 Å². The number of hydrogen-bond donors (Lipinski definition) is 0. The molecular formula is C12H26N2O3S.